The summed E-state index contributed by atoms with van der Waals surface area (Å²) in [5, 5.41) is 0. The smallest absolute Gasteiger partial charge is 0.0193 e. The molecular weight excluding hydrogens is 160 g/mol. The second kappa shape index (κ2) is 5.61. The Labute approximate surface area is 82.5 Å². The number of piperidine rings is 1. The standard InChI is InChI=1S/C11H24N2/c1-3-10(2)11(12)9-13-7-5-4-6-8-13/h10-11H,3-9,12H2,1-2H3/t10-,11+/m0/s1. The van der Waals surface area contributed by atoms with Gasteiger partial charge < -0.3 is 10.6 Å². The Morgan fingerprint density at radius 2 is 1.85 bits per heavy atom. The molecule has 0 aliphatic carbocycles. The van der Waals surface area contributed by atoms with Crippen molar-refractivity contribution in [3.63, 3.8) is 0 Å². The van der Waals surface area contributed by atoms with Crippen LogP contribution in [0.4, 0.5) is 0 Å². The quantitative estimate of drug-likeness (QED) is 0.722. The van der Waals surface area contributed by atoms with Crippen LogP contribution < -0.4 is 5.73 Å². The summed E-state index contributed by atoms with van der Waals surface area (Å²) in [6.07, 6.45) is 5.35. The van der Waals surface area contributed by atoms with Gasteiger partial charge in [-0.05, 0) is 31.8 Å². The maximum Gasteiger partial charge on any atom is 0.0193 e. The van der Waals surface area contributed by atoms with E-state index in [1.165, 1.54) is 38.8 Å². The topological polar surface area (TPSA) is 29.3 Å². The van der Waals surface area contributed by atoms with Crippen LogP contribution in [-0.2, 0) is 0 Å². The molecule has 0 saturated carbocycles. The Bertz CT molecular complexity index is 130. The Morgan fingerprint density at radius 3 is 2.38 bits per heavy atom. The van der Waals surface area contributed by atoms with E-state index in [9.17, 15) is 0 Å². The van der Waals surface area contributed by atoms with Crippen molar-refractivity contribution in [3.8, 4) is 0 Å². The van der Waals surface area contributed by atoms with Crippen LogP contribution >= 0.6 is 0 Å². The number of likely N-dealkylation sites (tertiary alicyclic amines) is 1. The third kappa shape index (κ3) is 3.65. The average Bonchev–Trinajstić information content (AvgIpc) is 2.18. The number of nitrogens with two attached hydrogens (primary N) is 1. The van der Waals surface area contributed by atoms with E-state index in [2.05, 4.69) is 18.7 Å². The lowest BCUT2D eigenvalue weighted by molar-refractivity contribution is 0.198. The first-order chi connectivity index (χ1) is 6.24. The normalized spacial score (nSPS) is 24.2. The number of hydrogen-bond acceptors (Lipinski definition) is 2. The average molecular weight is 184 g/mol. The fourth-order valence-electron chi connectivity index (χ4n) is 1.92. The molecule has 78 valence electrons. The van der Waals surface area contributed by atoms with Gasteiger partial charge in [-0.3, -0.25) is 0 Å². The molecule has 0 aromatic rings. The molecule has 0 aromatic carbocycles. The molecule has 1 saturated heterocycles. The molecule has 2 nitrogen and oxygen atoms in total. The van der Waals surface area contributed by atoms with E-state index in [4.69, 9.17) is 5.73 Å². The van der Waals surface area contributed by atoms with Gasteiger partial charge in [0.1, 0.15) is 0 Å². The third-order valence-electron chi connectivity index (χ3n) is 3.29. The van der Waals surface area contributed by atoms with E-state index in [0.29, 0.717) is 12.0 Å². The summed E-state index contributed by atoms with van der Waals surface area (Å²) in [5.41, 5.74) is 6.12. The van der Waals surface area contributed by atoms with Gasteiger partial charge >= 0.3 is 0 Å². The highest BCUT2D eigenvalue weighted by Crippen LogP contribution is 2.12. The van der Waals surface area contributed by atoms with Gasteiger partial charge in [0.25, 0.3) is 0 Å². The SMILES string of the molecule is CC[C@H](C)[C@H](N)CN1CCCCC1. The Morgan fingerprint density at radius 1 is 1.23 bits per heavy atom. The third-order valence-corrected chi connectivity index (χ3v) is 3.29. The van der Waals surface area contributed by atoms with Crippen molar-refractivity contribution in [1.29, 1.82) is 0 Å². The van der Waals surface area contributed by atoms with Crippen molar-refractivity contribution in [2.75, 3.05) is 19.6 Å². The predicted molar refractivity (Wildman–Crippen MR) is 57.7 cm³/mol. The summed E-state index contributed by atoms with van der Waals surface area (Å²) in [5.74, 6) is 0.668. The van der Waals surface area contributed by atoms with Crippen LogP contribution in [0.15, 0.2) is 0 Å². The lowest BCUT2D eigenvalue weighted by Crippen LogP contribution is -2.43. The molecule has 1 aliphatic heterocycles. The molecule has 0 amide bonds. The molecule has 1 fully saturated rings. The van der Waals surface area contributed by atoms with E-state index in [1.807, 2.05) is 0 Å². The fourth-order valence-corrected chi connectivity index (χ4v) is 1.92. The molecule has 13 heavy (non-hydrogen) atoms. The first kappa shape index (κ1) is 11.0. The molecule has 1 heterocycles. The van der Waals surface area contributed by atoms with Gasteiger partial charge in [-0.2, -0.15) is 0 Å². The van der Waals surface area contributed by atoms with Crippen LogP contribution in [0.1, 0.15) is 39.5 Å². The second-order valence-electron chi connectivity index (χ2n) is 4.41. The Balaban J connectivity index is 2.21. The fraction of sp³-hybridized carbons (Fsp3) is 1.00. The second-order valence-corrected chi connectivity index (χ2v) is 4.41. The van der Waals surface area contributed by atoms with E-state index in [-0.39, 0.29) is 0 Å². The minimum atomic E-state index is 0.378. The van der Waals surface area contributed by atoms with Gasteiger partial charge in [0.05, 0.1) is 0 Å². The molecule has 0 aromatic heterocycles. The zero-order valence-corrected chi connectivity index (χ0v) is 9.13. The van der Waals surface area contributed by atoms with Crippen LogP contribution in [0.3, 0.4) is 0 Å². The molecule has 2 atom stereocenters. The largest absolute Gasteiger partial charge is 0.326 e. The van der Waals surface area contributed by atoms with Crippen molar-refractivity contribution in [2.24, 2.45) is 11.7 Å². The zero-order chi connectivity index (χ0) is 9.68. The van der Waals surface area contributed by atoms with Crippen LogP contribution in [-0.4, -0.2) is 30.6 Å². The van der Waals surface area contributed by atoms with Crippen molar-refractivity contribution in [3.05, 3.63) is 0 Å². The molecule has 0 radical (unpaired) electrons. The molecule has 0 unspecified atom stereocenters. The predicted octanol–water partition coefficient (Wildman–Crippen LogP) is 1.85. The monoisotopic (exact) mass is 184 g/mol. The van der Waals surface area contributed by atoms with Crippen molar-refractivity contribution >= 4 is 0 Å². The van der Waals surface area contributed by atoms with Gasteiger partial charge in [0.15, 0.2) is 0 Å². The summed E-state index contributed by atoms with van der Waals surface area (Å²) in [7, 11) is 0. The lowest BCUT2D eigenvalue weighted by atomic mass is 9.99. The maximum atomic E-state index is 6.12. The van der Waals surface area contributed by atoms with Crippen molar-refractivity contribution in [2.45, 2.75) is 45.6 Å². The number of hydrogen-bond donors (Lipinski definition) is 1. The number of rotatable bonds is 4. The molecule has 2 N–H and O–H groups in total. The molecule has 0 spiro atoms. The zero-order valence-electron chi connectivity index (χ0n) is 9.13. The highest BCUT2D eigenvalue weighted by molar-refractivity contribution is 4.74. The Kier molecular flexibility index (Phi) is 4.74. The molecular formula is C11H24N2. The van der Waals surface area contributed by atoms with Gasteiger partial charge in [-0.1, -0.05) is 26.7 Å². The van der Waals surface area contributed by atoms with Crippen LogP contribution in [0, 0.1) is 5.92 Å². The van der Waals surface area contributed by atoms with E-state index >= 15 is 0 Å². The molecule has 2 heteroatoms. The molecule has 0 bridgehead atoms. The summed E-state index contributed by atoms with van der Waals surface area (Å²) in [6.45, 7) is 8.12. The lowest BCUT2D eigenvalue weighted by Gasteiger charge is -2.30. The van der Waals surface area contributed by atoms with Gasteiger partial charge in [-0.25, -0.2) is 0 Å². The number of nitrogens with zero attached hydrogens (tertiary/aromatic N) is 1. The first-order valence-electron chi connectivity index (χ1n) is 5.72. The van der Waals surface area contributed by atoms with Gasteiger partial charge in [0, 0.05) is 12.6 Å². The minimum absolute atomic E-state index is 0.378. The molecule has 1 aliphatic rings. The highest BCUT2D eigenvalue weighted by atomic mass is 15.1. The maximum absolute atomic E-state index is 6.12. The van der Waals surface area contributed by atoms with E-state index in [0.717, 1.165) is 6.54 Å². The van der Waals surface area contributed by atoms with E-state index in [1.54, 1.807) is 0 Å². The van der Waals surface area contributed by atoms with Crippen LogP contribution in [0.5, 0.6) is 0 Å². The first-order valence-corrected chi connectivity index (χ1v) is 5.72. The van der Waals surface area contributed by atoms with Crippen molar-refractivity contribution in [1.82, 2.24) is 4.90 Å². The van der Waals surface area contributed by atoms with Gasteiger partial charge in [0.2, 0.25) is 0 Å². The summed E-state index contributed by atoms with van der Waals surface area (Å²) in [4.78, 5) is 2.53. The minimum Gasteiger partial charge on any atom is -0.326 e. The summed E-state index contributed by atoms with van der Waals surface area (Å²) < 4.78 is 0. The Hall–Kier alpha value is -0.0800. The summed E-state index contributed by atoms with van der Waals surface area (Å²) >= 11 is 0. The van der Waals surface area contributed by atoms with Crippen molar-refractivity contribution < 1.29 is 0 Å². The van der Waals surface area contributed by atoms with Crippen LogP contribution in [0.25, 0.3) is 0 Å². The van der Waals surface area contributed by atoms with Gasteiger partial charge in [-0.15, -0.1) is 0 Å². The van der Waals surface area contributed by atoms with Crippen LogP contribution in [0.2, 0.25) is 0 Å². The highest BCUT2D eigenvalue weighted by Gasteiger charge is 2.16. The summed E-state index contributed by atoms with van der Waals surface area (Å²) in [6, 6.07) is 0.378. The van der Waals surface area contributed by atoms with E-state index < -0.39 is 0 Å². The molecule has 1 rings (SSSR count).